The summed E-state index contributed by atoms with van der Waals surface area (Å²) >= 11 is 0. The maximum Gasteiger partial charge on any atom is 0.407 e. The van der Waals surface area contributed by atoms with Crippen molar-refractivity contribution in [1.82, 2.24) is 5.32 Å². The molecule has 5 unspecified atom stereocenters. The number of allylic oxidation sites excluding steroid dienone is 1. The summed E-state index contributed by atoms with van der Waals surface area (Å²) in [4.78, 5) is 12.9. The molecule has 0 bridgehead atoms. The third-order valence-electron chi connectivity index (χ3n) is 13.7. The SMILES string of the molecule is CCC(O)CC(C)(C)OCCC(C)(C)CNC(=O)O[C@H]1CC[C@@]2(C)C(=CCC3C4CCC([C@H](C)CCCC(C)C)[C@@]4(C)CCC32)C1. The smallest absolute Gasteiger partial charge is 0.407 e. The van der Waals surface area contributed by atoms with Crippen LogP contribution in [0.15, 0.2) is 11.6 Å². The van der Waals surface area contributed by atoms with E-state index in [1.807, 2.05) is 20.8 Å². The van der Waals surface area contributed by atoms with E-state index in [0.717, 1.165) is 67.6 Å². The molecule has 3 saturated carbocycles. The maximum atomic E-state index is 12.9. The lowest BCUT2D eigenvalue weighted by Gasteiger charge is -2.58. The molecular formula is C41H73NO4. The van der Waals surface area contributed by atoms with Crippen molar-refractivity contribution in [3.05, 3.63) is 11.6 Å². The molecule has 0 aromatic carbocycles. The van der Waals surface area contributed by atoms with Crippen molar-refractivity contribution in [2.45, 2.75) is 177 Å². The number of rotatable bonds is 15. The van der Waals surface area contributed by atoms with Crippen LogP contribution in [-0.2, 0) is 9.47 Å². The molecule has 266 valence electrons. The van der Waals surface area contributed by atoms with Gasteiger partial charge in [-0.15, -0.1) is 0 Å². The topological polar surface area (TPSA) is 67.8 Å². The summed E-state index contributed by atoms with van der Waals surface area (Å²) in [5.74, 6) is 5.06. The summed E-state index contributed by atoms with van der Waals surface area (Å²) in [6.07, 6.45) is 18.2. The lowest BCUT2D eigenvalue weighted by atomic mass is 9.47. The Morgan fingerprint density at radius 2 is 1.78 bits per heavy atom. The predicted molar refractivity (Wildman–Crippen MR) is 191 cm³/mol. The minimum atomic E-state index is -0.358. The Kier molecular flexibility index (Phi) is 12.5. The number of carbonyl (C=O) groups excluding carboxylic acids is 1. The predicted octanol–water partition coefficient (Wildman–Crippen LogP) is 10.5. The average molecular weight is 644 g/mol. The van der Waals surface area contributed by atoms with E-state index in [1.54, 1.807) is 5.57 Å². The lowest BCUT2D eigenvalue weighted by Crippen LogP contribution is -2.51. The first kappa shape index (κ1) is 37.7. The highest BCUT2D eigenvalue weighted by Crippen LogP contribution is 2.67. The highest BCUT2D eigenvalue weighted by Gasteiger charge is 2.59. The normalized spacial score (nSPS) is 34.3. The first-order valence-corrected chi connectivity index (χ1v) is 19.5. The molecule has 3 fully saturated rings. The molecule has 4 rings (SSSR count). The van der Waals surface area contributed by atoms with Gasteiger partial charge >= 0.3 is 6.09 Å². The third-order valence-corrected chi connectivity index (χ3v) is 13.7. The summed E-state index contributed by atoms with van der Waals surface area (Å²) in [5.41, 5.74) is 1.90. The van der Waals surface area contributed by atoms with Gasteiger partial charge in [0.05, 0.1) is 11.7 Å². The van der Waals surface area contributed by atoms with Gasteiger partial charge in [0.25, 0.3) is 0 Å². The van der Waals surface area contributed by atoms with Gasteiger partial charge in [-0.2, -0.15) is 0 Å². The van der Waals surface area contributed by atoms with Crippen LogP contribution in [0.25, 0.3) is 0 Å². The Morgan fingerprint density at radius 1 is 1.04 bits per heavy atom. The van der Waals surface area contributed by atoms with Crippen molar-refractivity contribution in [2.75, 3.05) is 13.2 Å². The molecule has 4 aliphatic rings. The van der Waals surface area contributed by atoms with E-state index in [0.29, 0.717) is 25.0 Å². The van der Waals surface area contributed by atoms with Gasteiger partial charge in [0.1, 0.15) is 6.10 Å². The second kappa shape index (κ2) is 15.2. The zero-order valence-corrected chi connectivity index (χ0v) is 31.7. The molecule has 1 amide bonds. The van der Waals surface area contributed by atoms with Crippen LogP contribution < -0.4 is 5.32 Å². The molecule has 0 heterocycles. The Morgan fingerprint density at radius 3 is 2.48 bits per heavy atom. The number of amides is 1. The average Bonchev–Trinajstić information content (AvgIpc) is 3.33. The Balaban J connectivity index is 1.26. The zero-order chi connectivity index (χ0) is 33.9. The van der Waals surface area contributed by atoms with Crippen LogP contribution >= 0.6 is 0 Å². The maximum absolute atomic E-state index is 12.9. The van der Waals surface area contributed by atoms with Gasteiger partial charge in [0, 0.05) is 26.0 Å². The molecule has 0 aromatic rings. The minimum absolute atomic E-state index is 0.0236. The Bertz CT molecular complexity index is 1030. The van der Waals surface area contributed by atoms with E-state index in [1.165, 1.54) is 51.4 Å². The molecule has 5 nitrogen and oxygen atoms in total. The Hall–Kier alpha value is -1.07. The molecule has 0 aromatic heterocycles. The first-order valence-electron chi connectivity index (χ1n) is 19.5. The number of aliphatic hydroxyl groups excluding tert-OH is 1. The molecule has 9 atom stereocenters. The van der Waals surface area contributed by atoms with Crippen molar-refractivity contribution < 1.29 is 19.4 Å². The number of ether oxygens (including phenoxy) is 2. The Labute approximate surface area is 283 Å². The van der Waals surface area contributed by atoms with Gasteiger partial charge < -0.3 is 19.9 Å². The zero-order valence-electron chi connectivity index (χ0n) is 31.7. The van der Waals surface area contributed by atoms with Gasteiger partial charge in [-0.1, -0.05) is 86.3 Å². The highest BCUT2D eigenvalue weighted by atomic mass is 16.6. The molecule has 5 heteroatoms. The van der Waals surface area contributed by atoms with E-state index in [2.05, 4.69) is 59.9 Å². The van der Waals surface area contributed by atoms with Crippen molar-refractivity contribution in [1.29, 1.82) is 0 Å². The number of hydrogen-bond donors (Lipinski definition) is 2. The van der Waals surface area contributed by atoms with Crippen molar-refractivity contribution in [3.63, 3.8) is 0 Å². The van der Waals surface area contributed by atoms with E-state index in [4.69, 9.17) is 9.47 Å². The standard InChI is InChI=1S/C41H73NO4/c1-11-31(43)26-39(7,8)45-24-23-38(5,6)27-42-37(44)46-32-19-21-40(9)30(25-32)15-16-33-35-18-17-34(29(4)14-12-13-28(2)3)41(35,10)22-20-36(33)40/h15,28-29,31-36,43H,11-14,16-27H2,1-10H3,(H,42,44)/t29-,31?,32+,33?,34?,35?,36?,40+,41-/m1/s1. The number of nitrogens with one attached hydrogen (secondary N) is 1. The number of hydrogen-bond acceptors (Lipinski definition) is 4. The molecule has 0 aliphatic heterocycles. The number of fused-ring (bicyclic) bond motifs is 5. The van der Waals surface area contributed by atoms with Gasteiger partial charge in [-0.25, -0.2) is 4.79 Å². The number of carbonyl (C=O) groups is 1. The summed E-state index contributed by atoms with van der Waals surface area (Å²) < 4.78 is 12.2. The fourth-order valence-corrected chi connectivity index (χ4v) is 10.7. The number of aliphatic hydroxyl groups is 1. The largest absolute Gasteiger partial charge is 0.446 e. The molecule has 4 aliphatic carbocycles. The fraction of sp³-hybridized carbons (Fsp3) is 0.927. The summed E-state index contributed by atoms with van der Waals surface area (Å²) in [6.45, 7) is 24.1. The van der Waals surface area contributed by atoms with Crippen LogP contribution in [0.3, 0.4) is 0 Å². The summed E-state index contributed by atoms with van der Waals surface area (Å²) in [7, 11) is 0. The minimum Gasteiger partial charge on any atom is -0.446 e. The van der Waals surface area contributed by atoms with E-state index in [-0.39, 0.29) is 34.7 Å². The molecular weight excluding hydrogens is 570 g/mol. The van der Waals surface area contributed by atoms with Crippen LogP contribution in [0.5, 0.6) is 0 Å². The third kappa shape index (κ3) is 8.93. The molecule has 46 heavy (non-hydrogen) atoms. The van der Waals surface area contributed by atoms with Gasteiger partial charge in [0.2, 0.25) is 0 Å². The second-order valence-corrected chi connectivity index (χ2v) is 18.7. The van der Waals surface area contributed by atoms with Gasteiger partial charge in [-0.3, -0.25) is 0 Å². The molecule has 0 saturated heterocycles. The van der Waals surface area contributed by atoms with Crippen LogP contribution in [0.4, 0.5) is 4.79 Å². The van der Waals surface area contributed by atoms with Gasteiger partial charge in [-0.05, 0) is 123 Å². The molecule has 0 radical (unpaired) electrons. The summed E-state index contributed by atoms with van der Waals surface area (Å²) in [6, 6.07) is 0. The quantitative estimate of drug-likeness (QED) is 0.174. The van der Waals surface area contributed by atoms with Crippen LogP contribution in [0.1, 0.15) is 159 Å². The van der Waals surface area contributed by atoms with E-state index in [9.17, 15) is 9.90 Å². The van der Waals surface area contributed by atoms with Crippen molar-refractivity contribution in [2.24, 2.45) is 51.8 Å². The first-order chi connectivity index (χ1) is 21.5. The van der Waals surface area contributed by atoms with Crippen LogP contribution in [-0.4, -0.2) is 42.2 Å². The second-order valence-electron chi connectivity index (χ2n) is 18.7. The van der Waals surface area contributed by atoms with Crippen molar-refractivity contribution >= 4 is 6.09 Å². The lowest BCUT2D eigenvalue weighted by molar-refractivity contribution is -0.0590. The van der Waals surface area contributed by atoms with E-state index < -0.39 is 0 Å². The van der Waals surface area contributed by atoms with Crippen LogP contribution in [0, 0.1) is 51.8 Å². The van der Waals surface area contributed by atoms with Gasteiger partial charge in [0.15, 0.2) is 0 Å². The monoisotopic (exact) mass is 644 g/mol. The van der Waals surface area contributed by atoms with Crippen LogP contribution in [0.2, 0.25) is 0 Å². The molecule has 2 N–H and O–H groups in total. The number of alkyl carbamates (subject to hydrolysis) is 1. The molecule has 0 spiro atoms. The highest BCUT2D eigenvalue weighted by molar-refractivity contribution is 5.67. The van der Waals surface area contributed by atoms with E-state index >= 15 is 0 Å². The fourth-order valence-electron chi connectivity index (χ4n) is 10.7. The summed E-state index contributed by atoms with van der Waals surface area (Å²) in [5, 5.41) is 13.1. The van der Waals surface area contributed by atoms with Crippen molar-refractivity contribution in [3.8, 4) is 0 Å².